The zero-order valence-corrected chi connectivity index (χ0v) is 11.2. The number of amides is 1. The van der Waals surface area contributed by atoms with Gasteiger partial charge >= 0.3 is 0 Å². The van der Waals surface area contributed by atoms with Gasteiger partial charge in [-0.3, -0.25) is 4.79 Å². The highest BCUT2D eigenvalue weighted by Gasteiger charge is 2.35. The van der Waals surface area contributed by atoms with Crippen LogP contribution >= 0.6 is 11.6 Å². The summed E-state index contributed by atoms with van der Waals surface area (Å²) in [7, 11) is 0. The lowest BCUT2D eigenvalue weighted by atomic mass is 10.1. The number of fused-ring (bicyclic) bond motifs is 1. The summed E-state index contributed by atoms with van der Waals surface area (Å²) in [5.74, 6) is -0.240. The first-order chi connectivity index (χ1) is 9.06. The van der Waals surface area contributed by atoms with Gasteiger partial charge in [0.25, 0.3) is 0 Å². The summed E-state index contributed by atoms with van der Waals surface area (Å²) in [5.41, 5.74) is 7.06. The molecule has 1 aromatic carbocycles. The second-order valence-electron chi connectivity index (χ2n) is 5.05. The van der Waals surface area contributed by atoms with E-state index in [4.69, 9.17) is 17.3 Å². The molecule has 0 spiro atoms. The number of nitrogen functional groups attached to an aromatic ring is 1. The number of halogens is 2. The van der Waals surface area contributed by atoms with Gasteiger partial charge in [0.2, 0.25) is 5.91 Å². The molecule has 1 amide bonds. The van der Waals surface area contributed by atoms with Crippen LogP contribution in [0.5, 0.6) is 0 Å². The molecule has 0 bridgehead atoms. The lowest BCUT2D eigenvalue weighted by Crippen LogP contribution is -2.51. The van der Waals surface area contributed by atoms with Crippen LogP contribution in [0.15, 0.2) is 12.1 Å². The van der Waals surface area contributed by atoms with E-state index in [-0.39, 0.29) is 17.0 Å². The Bertz CT molecular complexity index is 537. The van der Waals surface area contributed by atoms with Crippen molar-refractivity contribution >= 4 is 28.9 Å². The van der Waals surface area contributed by atoms with Crippen molar-refractivity contribution in [2.24, 2.45) is 0 Å². The molecule has 2 fully saturated rings. The van der Waals surface area contributed by atoms with Crippen LogP contribution in [0.1, 0.15) is 12.8 Å². The zero-order chi connectivity index (χ0) is 13.6. The van der Waals surface area contributed by atoms with E-state index in [2.05, 4.69) is 0 Å². The Hall–Kier alpha value is -1.49. The van der Waals surface area contributed by atoms with E-state index in [1.165, 1.54) is 12.1 Å². The normalized spacial score (nSPS) is 22.8. The van der Waals surface area contributed by atoms with Gasteiger partial charge in [0, 0.05) is 38.2 Å². The molecule has 102 valence electrons. The van der Waals surface area contributed by atoms with Crippen molar-refractivity contribution in [1.29, 1.82) is 0 Å². The van der Waals surface area contributed by atoms with Crippen molar-refractivity contribution in [3.8, 4) is 0 Å². The first-order valence-corrected chi connectivity index (χ1v) is 6.73. The molecular formula is C13H15ClFN3O. The van der Waals surface area contributed by atoms with Gasteiger partial charge in [-0.1, -0.05) is 11.6 Å². The molecule has 4 nitrogen and oxygen atoms in total. The maximum absolute atomic E-state index is 13.6. The molecular weight excluding hydrogens is 269 g/mol. The SMILES string of the molecule is Nc1cc(Cl)c(F)cc1N1CCN2C(=O)CCC2C1. The lowest BCUT2D eigenvalue weighted by Gasteiger charge is -2.39. The molecule has 0 saturated carbocycles. The fraction of sp³-hybridized carbons (Fsp3) is 0.462. The van der Waals surface area contributed by atoms with Crippen LogP contribution in [-0.2, 0) is 4.79 Å². The summed E-state index contributed by atoms with van der Waals surface area (Å²) in [6, 6.07) is 3.04. The van der Waals surface area contributed by atoms with Crippen LogP contribution in [0.4, 0.5) is 15.8 Å². The van der Waals surface area contributed by atoms with Gasteiger partial charge in [0.1, 0.15) is 5.82 Å². The average molecular weight is 284 g/mol. The number of rotatable bonds is 1. The summed E-state index contributed by atoms with van der Waals surface area (Å²) in [4.78, 5) is 15.6. The van der Waals surface area contributed by atoms with Crippen molar-refractivity contribution in [2.45, 2.75) is 18.9 Å². The number of nitrogens with two attached hydrogens (primary N) is 1. The molecule has 2 aliphatic rings. The van der Waals surface area contributed by atoms with Gasteiger partial charge in [0.15, 0.2) is 0 Å². The molecule has 1 aromatic rings. The Balaban J connectivity index is 1.84. The number of carbonyl (C=O) groups excluding carboxylic acids is 1. The minimum absolute atomic E-state index is 0.0379. The molecule has 3 rings (SSSR count). The smallest absolute Gasteiger partial charge is 0.223 e. The molecule has 6 heteroatoms. The Morgan fingerprint density at radius 2 is 2.16 bits per heavy atom. The monoisotopic (exact) mass is 283 g/mol. The zero-order valence-electron chi connectivity index (χ0n) is 10.4. The van der Waals surface area contributed by atoms with Gasteiger partial charge in [-0.15, -0.1) is 0 Å². The van der Waals surface area contributed by atoms with Crippen molar-refractivity contribution < 1.29 is 9.18 Å². The van der Waals surface area contributed by atoms with Crippen LogP contribution < -0.4 is 10.6 Å². The molecule has 1 atom stereocenters. The molecule has 19 heavy (non-hydrogen) atoms. The molecule has 2 aliphatic heterocycles. The van der Waals surface area contributed by atoms with Crippen LogP contribution in [0.2, 0.25) is 5.02 Å². The fourth-order valence-electron chi connectivity index (χ4n) is 2.91. The van der Waals surface area contributed by atoms with Crippen molar-refractivity contribution in [2.75, 3.05) is 30.3 Å². The van der Waals surface area contributed by atoms with E-state index in [1.54, 1.807) is 0 Å². The third-order valence-corrected chi connectivity index (χ3v) is 4.19. The quantitative estimate of drug-likeness (QED) is 0.801. The minimum Gasteiger partial charge on any atom is -0.397 e. The second-order valence-corrected chi connectivity index (χ2v) is 5.46. The third-order valence-electron chi connectivity index (χ3n) is 3.90. The van der Waals surface area contributed by atoms with E-state index in [9.17, 15) is 9.18 Å². The topological polar surface area (TPSA) is 49.6 Å². The van der Waals surface area contributed by atoms with Gasteiger partial charge in [0.05, 0.1) is 16.4 Å². The van der Waals surface area contributed by atoms with Gasteiger partial charge in [-0.05, 0) is 12.5 Å². The van der Waals surface area contributed by atoms with Crippen LogP contribution in [0, 0.1) is 5.82 Å². The maximum atomic E-state index is 13.6. The molecule has 0 aromatic heterocycles. The first-order valence-electron chi connectivity index (χ1n) is 6.35. The number of hydrogen-bond donors (Lipinski definition) is 1. The first kappa shape index (κ1) is 12.5. The fourth-order valence-corrected chi connectivity index (χ4v) is 3.08. The summed E-state index contributed by atoms with van der Waals surface area (Å²) in [6.45, 7) is 2.05. The second kappa shape index (κ2) is 4.56. The Morgan fingerprint density at radius 1 is 1.37 bits per heavy atom. The van der Waals surface area contributed by atoms with Crippen molar-refractivity contribution in [3.05, 3.63) is 23.0 Å². The molecule has 0 aliphatic carbocycles. The van der Waals surface area contributed by atoms with E-state index >= 15 is 0 Å². The molecule has 2 N–H and O–H groups in total. The number of piperazine rings is 1. The van der Waals surface area contributed by atoms with Gasteiger partial charge < -0.3 is 15.5 Å². The average Bonchev–Trinajstić information content (AvgIpc) is 2.75. The number of hydrogen-bond acceptors (Lipinski definition) is 3. The summed E-state index contributed by atoms with van der Waals surface area (Å²) < 4.78 is 13.6. The maximum Gasteiger partial charge on any atom is 0.223 e. The predicted octanol–water partition coefficient (Wildman–Crippen LogP) is 1.87. The molecule has 2 heterocycles. The number of anilines is 2. The predicted molar refractivity (Wildman–Crippen MR) is 72.8 cm³/mol. The van der Waals surface area contributed by atoms with Gasteiger partial charge in [-0.2, -0.15) is 0 Å². The van der Waals surface area contributed by atoms with Gasteiger partial charge in [-0.25, -0.2) is 4.39 Å². The van der Waals surface area contributed by atoms with Crippen molar-refractivity contribution in [3.63, 3.8) is 0 Å². The highest BCUT2D eigenvalue weighted by atomic mass is 35.5. The Kier molecular flexibility index (Phi) is 3.01. The number of benzene rings is 1. The largest absolute Gasteiger partial charge is 0.397 e. The van der Waals surface area contributed by atoms with E-state index in [1.807, 2.05) is 9.80 Å². The Morgan fingerprint density at radius 3 is 2.95 bits per heavy atom. The summed E-state index contributed by atoms with van der Waals surface area (Å²) >= 11 is 5.71. The molecule has 1 unspecified atom stereocenters. The lowest BCUT2D eigenvalue weighted by molar-refractivity contribution is -0.129. The van der Waals surface area contributed by atoms with E-state index in [0.717, 1.165) is 6.42 Å². The summed E-state index contributed by atoms with van der Waals surface area (Å²) in [5, 5.41) is 0.0379. The third kappa shape index (κ3) is 2.12. The minimum atomic E-state index is -0.462. The van der Waals surface area contributed by atoms with E-state index in [0.29, 0.717) is 37.4 Å². The molecule has 2 saturated heterocycles. The van der Waals surface area contributed by atoms with Crippen LogP contribution in [-0.4, -0.2) is 36.5 Å². The number of nitrogens with zero attached hydrogens (tertiary/aromatic N) is 2. The summed E-state index contributed by atoms with van der Waals surface area (Å²) in [6.07, 6.45) is 1.48. The van der Waals surface area contributed by atoms with Crippen molar-refractivity contribution in [1.82, 2.24) is 4.90 Å². The van der Waals surface area contributed by atoms with Crippen LogP contribution in [0.25, 0.3) is 0 Å². The van der Waals surface area contributed by atoms with E-state index < -0.39 is 5.82 Å². The van der Waals surface area contributed by atoms with Crippen LogP contribution in [0.3, 0.4) is 0 Å². The number of carbonyl (C=O) groups is 1. The highest BCUT2D eigenvalue weighted by molar-refractivity contribution is 6.31. The molecule has 0 radical (unpaired) electrons. The Labute approximate surface area is 115 Å². The highest BCUT2D eigenvalue weighted by Crippen LogP contribution is 2.32. The standard InChI is InChI=1S/C13H15ClFN3O/c14-9-5-11(16)12(6-10(9)15)17-3-4-18-8(7-17)1-2-13(18)19/h5-6,8H,1-4,7,16H2.